The van der Waals surface area contributed by atoms with Crippen LogP contribution >= 0.6 is 0 Å². The standard InChI is InChI=1S/C21H20N4O2/c26-21-24-20-19(25(21)13-14-6-9-27-10-7-14)11-15(12-23-20)16-3-1-5-18-17(16)4-2-8-22-18/h1-5,8,11-12,14H,6-7,9-10,13H2,(H,23,24,26). The number of H-pyrrole nitrogens is 1. The Morgan fingerprint density at radius 1 is 1.15 bits per heavy atom. The Kier molecular flexibility index (Phi) is 3.98. The predicted molar refractivity (Wildman–Crippen MR) is 105 cm³/mol. The Balaban J connectivity index is 1.62. The molecule has 0 radical (unpaired) electrons. The molecular weight excluding hydrogens is 340 g/mol. The summed E-state index contributed by atoms with van der Waals surface area (Å²) < 4.78 is 7.27. The van der Waals surface area contributed by atoms with Crippen LogP contribution in [0.5, 0.6) is 0 Å². The molecule has 4 heterocycles. The zero-order chi connectivity index (χ0) is 18.2. The molecule has 3 aromatic heterocycles. The predicted octanol–water partition coefficient (Wildman–Crippen LogP) is 3.37. The van der Waals surface area contributed by atoms with Crippen molar-refractivity contribution in [2.75, 3.05) is 13.2 Å². The van der Waals surface area contributed by atoms with Gasteiger partial charge in [0.15, 0.2) is 5.65 Å². The topological polar surface area (TPSA) is 72.8 Å². The van der Waals surface area contributed by atoms with E-state index in [0.29, 0.717) is 18.1 Å². The van der Waals surface area contributed by atoms with Gasteiger partial charge in [0.2, 0.25) is 0 Å². The molecule has 4 aromatic rings. The lowest BCUT2D eigenvalue weighted by Gasteiger charge is -2.22. The summed E-state index contributed by atoms with van der Waals surface area (Å²) in [7, 11) is 0. The summed E-state index contributed by atoms with van der Waals surface area (Å²) in [6, 6.07) is 12.1. The molecule has 5 rings (SSSR count). The van der Waals surface area contributed by atoms with Crippen LogP contribution in [0.3, 0.4) is 0 Å². The van der Waals surface area contributed by atoms with Crippen molar-refractivity contribution in [3.05, 3.63) is 59.3 Å². The second-order valence-electron chi connectivity index (χ2n) is 7.06. The van der Waals surface area contributed by atoms with Crippen LogP contribution in [0.15, 0.2) is 53.6 Å². The number of hydrogen-bond acceptors (Lipinski definition) is 4. The van der Waals surface area contributed by atoms with Gasteiger partial charge in [-0.1, -0.05) is 18.2 Å². The number of benzene rings is 1. The number of imidazole rings is 1. The van der Waals surface area contributed by atoms with Crippen molar-refractivity contribution < 1.29 is 4.74 Å². The maximum atomic E-state index is 12.5. The number of nitrogens with one attached hydrogen (secondary N) is 1. The normalized spacial score (nSPS) is 15.6. The van der Waals surface area contributed by atoms with E-state index < -0.39 is 0 Å². The second-order valence-corrected chi connectivity index (χ2v) is 7.06. The molecule has 27 heavy (non-hydrogen) atoms. The van der Waals surface area contributed by atoms with Gasteiger partial charge in [-0.05, 0) is 42.5 Å². The number of ether oxygens (including phenoxy) is 1. The average molecular weight is 360 g/mol. The first-order valence-corrected chi connectivity index (χ1v) is 9.30. The summed E-state index contributed by atoms with van der Waals surface area (Å²) in [5.74, 6) is 0.459. The van der Waals surface area contributed by atoms with Crippen molar-refractivity contribution in [3.63, 3.8) is 0 Å². The van der Waals surface area contributed by atoms with Gasteiger partial charge >= 0.3 is 5.69 Å². The number of fused-ring (bicyclic) bond motifs is 2. The third-order valence-electron chi connectivity index (χ3n) is 5.37. The fourth-order valence-corrected chi connectivity index (χ4v) is 3.90. The Hall–Kier alpha value is -2.99. The molecule has 0 saturated carbocycles. The zero-order valence-electron chi connectivity index (χ0n) is 14.9. The van der Waals surface area contributed by atoms with Gasteiger partial charge in [0.05, 0.1) is 11.0 Å². The van der Waals surface area contributed by atoms with Crippen molar-refractivity contribution in [3.8, 4) is 11.1 Å². The van der Waals surface area contributed by atoms with Crippen LogP contribution in [0, 0.1) is 5.92 Å². The van der Waals surface area contributed by atoms with Gasteiger partial charge < -0.3 is 4.74 Å². The van der Waals surface area contributed by atoms with Crippen LogP contribution in [0.25, 0.3) is 33.2 Å². The van der Waals surface area contributed by atoms with Gasteiger partial charge in [0, 0.05) is 43.1 Å². The van der Waals surface area contributed by atoms with E-state index in [0.717, 1.165) is 53.6 Å². The monoisotopic (exact) mass is 360 g/mol. The van der Waals surface area contributed by atoms with E-state index in [1.54, 1.807) is 6.20 Å². The Labute approximate surface area is 155 Å². The van der Waals surface area contributed by atoms with E-state index in [1.165, 1.54) is 0 Å². The Bertz CT molecular complexity index is 1170. The van der Waals surface area contributed by atoms with Crippen molar-refractivity contribution >= 4 is 22.1 Å². The molecule has 0 amide bonds. The number of aromatic amines is 1. The lowest BCUT2D eigenvalue weighted by Crippen LogP contribution is -2.25. The second kappa shape index (κ2) is 6.63. The van der Waals surface area contributed by atoms with E-state index in [4.69, 9.17) is 4.74 Å². The number of pyridine rings is 2. The van der Waals surface area contributed by atoms with Crippen molar-refractivity contribution in [2.45, 2.75) is 19.4 Å². The third-order valence-corrected chi connectivity index (χ3v) is 5.37. The minimum atomic E-state index is -0.0965. The van der Waals surface area contributed by atoms with E-state index >= 15 is 0 Å². The molecule has 6 nitrogen and oxygen atoms in total. The van der Waals surface area contributed by atoms with Crippen LogP contribution < -0.4 is 5.69 Å². The van der Waals surface area contributed by atoms with Crippen LogP contribution in [0.2, 0.25) is 0 Å². The molecule has 1 saturated heterocycles. The summed E-state index contributed by atoms with van der Waals surface area (Å²) in [5.41, 5.74) is 4.39. The molecule has 1 aliphatic rings. The van der Waals surface area contributed by atoms with E-state index in [2.05, 4.69) is 33.2 Å². The van der Waals surface area contributed by atoms with Gasteiger partial charge in [-0.3, -0.25) is 14.5 Å². The molecule has 0 atom stereocenters. The number of hydrogen-bond donors (Lipinski definition) is 1. The SMILES string of the molecule is O=c1[nH]c2ncc(-c3cccc4ncccc34)cc2n1CC1CCOCC1. The first-order valence-electron chi connectivity index (χ1n) is 9.30. The number of aromatic nitrogens is 4. The first kappa shape index (κ1) is 16.2. The molecule has 1 aliphatic heterocycles. The zero-order valence-corrected chi connectivity index (χ0v) is 14.9. The molecule has 0 spiro atoms. The van der Waals surface area contributed by atoms with Crippen molar-refractivity contribution in [1.29, 1.82) is 0 Å². The van der Waals surface area contributed by atoms with E-state index in [9.17, 15) is 4.79 Å². The summed E-state index contributed by atoms with van der Waals surface area (Å²) in [6.07, 6.45) is 5.59. The van der Waals surface area contributed by atoms with Gasteiger partial charge in [-0.2, -0.15) is 0 Å². The minimum Gasteiger partial charge on any atom is -0.381 e. The van der Waals surface area contributed by atoms with Crippen LogP contribution in [-0.2, 0) is 11.3 Å². The summed E-state index contributed by atoms with van der Waals surface area (Å²) in [5, 5.41) is 1.08. The maximum absolute atomic E-state index is 12.5. The van der Waals surface area contributed by atoms with Crippen LogP contribution in [0.4, 0.5) is 0 Å². The molecule has 0 aliphatic carbocycles. The molecule has 1 fully saturated rings. The fourth-order valence-electron chi connectivity index (χ4n) is 3.90. The molecule has 1 N–H and O–H groups in total. The average Bonchev–Trinajstić information content (AvgIpc) is 3.03. The lowest BCUT2D eigenvalue weighted by atomic mass is 10.00. The van der Waals surface area contributed by atoms with Gasteiger partial charge in [0.25, 0.3) is 0 Å². The maximum Gasteiger partial charge on any atom is 0.327 e. The highest BCUT2D eigenvalue weighted by atomic mass is 16.5. The highest BCUT2D eigenvalue weighted by molar-refractivity contribution is 5.95. The van der Waals surface area contributed by atoms with Crippen LogP contribution in [0.1, 0.15) is 12.8 Å². The lowest BCUT2D eigenvalue weighted by molar-refractivity contribution is 0.0613. The smallest absolute Gasteiger partial charge is 0.327 e. The van der Waals surface area contributed by atoms with Crippen molar-refractivity contribution in [1.82, 2.24) is 19.5 Å². The van der Waals surface area contributed by atoms with Gasteiger partial charge in [-0.25, -0.2) is 9.78 Å². The highest BCUT2D eigenvalue weighted by Gasteiger charge is 2.18. The molecule has 6 heteroatoms. The number of rotatable bonds is 3. The Morgan fingerprint density at radius 2 is 2.04 bits per heavy atom. The van der Waals surface area contributed by atoms with E-state index in [-0.39, 0.29) is 5.69 Å². The quantitative estimate of drug-likeness (QED) is 0.608. The van der Waals surface area contributed by atoms with E-state index in [1.807, 2.05) is 29.0 Å². The molecule has 1 aromatic carbocycles. The summed E-state index contributed by atoms with van der Waals surface area (Å²) >= 11 is 0. The highest BCUT2D eigenvalue weighted by Crippen LogP contribution is 2.29. The summed E-state index contributed by atoms with van der Waals surface area (Å²) in [6.45, 7) is 2.24. The largest absolute Gasteiger partial charge is 0.381 e. The minimum absolute atomic E-state index is 0.0965. The van der Waals surface area contributed by atoms with Crippen molar-refractivity contribution in [2.24, 2.45) is 5.92 Å². The summed E-state index contributed by atoms with van der Waals surface area (Å²) in [4.78, 5) is 24.3. The number of nitrogens with zero attached hydrogens (tertiary/aromatic N) is 3. The molecule has 0 bridgehead atoms. The molecule has 136 valence electrons. The first-order chi connectivity index (χ1) is 13.3. The van der Waals surface area contributed by atoms with Gasteiger partial charge in [0.1, 0.15) is 0 Å². The fraction of sp³-hybridized carbons (Fsp3) is 0.286. The molecule has 0 unspecified atom stereocenters. The Morgan fingerprint density at radius 3 is 2.93 bits per heavy atom. The third kappa shape index (κ3) is 2.92. The molecular formula is C21H20N4O2. The van der Waals surface area contributed by atoms with Crippen LogP contribution in [-0.4, -0.2) is 32.7 Å². The van der Waals surface area contributed by atoms with Gasteiger partial charge in [-0.15, -0.1) is 0 Å².